The average Bonchev–Trinajstić information content (AvgIpc) is 2.81. The first-order valence-electron chi connectivity index (χ1n) is 8.16. The van der Waals surface area contributed by atoms with Crippen LogP contribution >= 0.6 is 0 Å². The van der Waals surface area contributed by atoms with Crippen molar-refractivity contribution in [2.75, 3.05) is 11.9 Å². The molecule has 5 nitrogen and oxygen atoms in total. The number of anilines is 1. The van der Waals surface area contributed by atoms with Crippen molar-refractivity contribution < 1.29 is 4.74 Å². The Hall–Kier alpha value is -2.82. The molecule has 0 fully saturated rings. The van der Waals surface area contributed by atoms with Crippen molar-refractivity contribution in [1.29, 1.82) is 0 Å². The van der Waals surface area contributed by atoms with Crippen LogP contribution in [0.25, 0.3) is 10.8 Å². The smallest absolute Gasteiger partial charge is 0.293 e. The Bertz CT molecular complexity index is 949. The third-order valence-electron chi connectivity index (χ3n) is 4.50. The summed E-state index contributed by atoms with van der Waals surface area (Å²) in [5.74, 6) is 1.29. The maximum atomic E-state index is 12.3. The molecule has 24 heavy (non-hydrogen) atoms. The molecule has 0 unspecified atom stereocenters. The van der Waals surface area contributed by atoms with Gasteiger partial charge in [-0.2, -0.15) is 0 Å². The molecule has 1 N–H and O–H groups in total. The summed E-state index contributed by atoms with van der Waals surface area (Å²) < 4.78 is 7.57. The van der Waals surface area contributed by atoms with Gasteiger partial charge in [0.15, 0.2) is 5.82 Å². The van der Waals surface area contributed by atoms with Crippen molar-refractivity contribution in [1.82, 2.24) is 9.55 Å². The molecule has 1 aliphatic rings. The van der Waals surface area contributed by atoms with E-state index < -0.39 is 0 Å². The van der Waals surface area contributed by atoms with E-state index in [-0.39, 0.29) is 11.6 Å². The van der Waals surface area contributed by atoms with E-state index in [0.29, 0.717) is 12.4 Å². The lowest BCUT2D eigenvalue weighted by molar-refractivity contribution is 0.320. The summed E-state index contributed by atoms with van der Waals surface area (Å²) in [7, 11) is 1.73. The Kier molecular flexibility index (Phi) is 3.69. The van der Waals surface area contributed by atoms with Gasteiger partial charge >= 0.3 is 0 Å². The predicted octanol–water partition coefficient (Wildman–Crippen LogP) is 3.26. The highest BCUT2D eigenvalue weighted by Gasteiger charge is 2.22. The maximum absolute atomic E-state index is 12.3. The van der Waals surface area contributed by atoms with E-state index >= 15 is 0 Å². The van der Waals surface area contributed by atoms with Crippen molar-refractivity contribution in [2.24, 2.45) is 7.05 Å². The summed E-state index contributed by atoms with van der Waals surface area (Å²) >= 11 is 0. The summed E-state index contributed by atoms with van der Waals surface area (Å²) in [5.41, 5.74) is 0.962. The normalized spacial score (nSPS) is 17.0. The van der Waals surface area contributed by atoms with Crippen LogP contribution in [-0.4, -0.2) is 16.2 Å². The topological polar surface area (TPSA) is 56.1 Å². The van der Waals surface area contributed by atoms with Crippen LogP contribution in [0.3, 0.4) is 0 Å². The lowest BCUT2D eigenvalue weighted by Crippen LogP contribution is -2.24. The SMILES string of the molecule is Cn1ccnc(N[C@@H]2CCCOc3c2ccc2ccccc32)c1=O. The van der Waals surface area contributed by atoms with Gasteiger partial charge in [-0.1, -0.05) is 36.4 Å². The molecule has 0 saturated carbocycles. The molecular formula is C19H19N3O2. The van der Waals surface area contributed by atoms with E-state index in [4.69, 9.17) is 4.74 Å². The highest BCUT2D eigenvalue weighted by atomic mass is 16.5. The number of rotatable bonds is 2. The fraction of sp³-hybridized carbons (Fsp3) is 0.263. The van der Waals surface area contributed by atoms with Crippen LogP contribution in [0.15, 0.2) is 53.6 Å². The lowest BCUT2D eigenvalue weighted by Gasteiger charge is -2.20. The van der Waals surface area contributed by atoms with E-state index in [0.717, 1.165) is 34.9 Å². The molecule has 0 amide bonds. The molecule has 0 spiro atoms. The van der Waals surface area contributed by atoms with Gasteiger partial charge < -0.3 is 14.6 Å². The molecule has 1 atom stereocenters. The Balaban J connectivity index is 1.80. The predicted molar refractivity (Wildman–Crippen MR) is 94.5 cm³/mol. The van der Waals surface area contributed by atoms with Gasteiger partial charge in [-0.3, -0.25) is 4.79 Å². The van der Waals surface area contributed by atoms with Gasteiger partial charge in [0.25, 0.3) is 5.56 Å². The summed E-state index contributed by atoms with van der Waals surface area (Å²) in [5, 5.41) is 5.59. The van der Waals surface area contributed by atoms with Crippen LogP contribution < -0.4 is 15.6 Å². The zero-order chi connectivity index (χ0) is 16.5. The number of aromatic nitrogens is 2. The molecule has 122 valence electrons. The Morgan fingerprint density at radius 2 is 2.12 bits per heavy atom. The van der Waals surface area contributed by atoms with Gasteiger partial charge in [0.1, 0.15) is 5.75 Å². The highest BCUT2D eigenvalue weighted by Crippen LogP contribution is 2.38. The Labute approximate surface area is 139 Å². The molecule has 3 aromatic rings. The number of hydrogen-bond donors (Lipinski definition) is 1. The van der Waals surface area contributed by atoms with Crippen molar-refractivity contribution in [3.8, 4) is 5.75 Å². The fourth-order valence-electron chi connectivity index (χ4n) is 3.22. The highest BCUT2D eigenvalue weighted by molar-refractivity contribution is 5.90. The maximum Gasteiger partial charge on any atom is 0.293 e. The Morgan fingerprint density at radius 3 is 3.04 bits per heavy atom. The van der Waals surface area contributed by atoms with E-state index in [1.54, 1.807) is 19.4 Å². The zero-order valence-corrected chi connectivity index (χ0v) is 13.5. The number of nitrogens with one attached hydrogen (secondary N) is 1. The molecule has 0 aliphatic carbocycles. The van der Waals surface area contributed by atoms with Crippen LogP contribution in [0, 0.1) is 0 Å². The van der Waals surface area contributed by atoms with E-state index in [1.807, 2.05) is 12.1 Å². The molecule has 0 radical (unpaired) electrons. The van der Waals surface area contributed by atoms with Crippen molar-refractivity contribution in [2.45, 2.75) is 18.9 Å². The van der Waals surface area contributed by atoms with Crippen molar-refractivity contribution >= 4 is 16.6 Å². The molecule has 5 heteroatoms. The number of ether oxygens (including phenoxy) is 1. The van der Waals surface area contributed by atoms with E-state index in [9.17, 15) is 4.79 Å². The summed E-state index contributed by atoms with van der Waals surface area (Å²) in [6, 6.07) is 12.4. The molecule has 2 aromatic carbocycles. The van der Waals surface area contributed by atoms with E-state index in [2.05, 4.69) is 34.6 Å². The minimum Gasteiger partial charge on any atom is -0.493 e. The molecule has 1 aromatic heterocycles. The zero-order valence-electron chi connectivity index (χ0n) is 13.5. The van der Waals surface area contributed by atoms with Crippen LogP contribution in [0.4, 0.5) is 5.82 Å². The minimum atomic E-state index is -0.120. The number of benzene rings is 2. The number of nitrogens with zero attached hydrogens (tertiary/aromatic N) is 2. The first-order chi connectivity index (χ1) is 11.7. The average molecular weight is 321 g/mol. The number of fused-ring (bicyclic) bond motifs is 3. The summed E-state index contributed by atoms with van der Waals surface area (Å²) in [6.45, 7) is 0.680. The van der Waals surface area contributed by atoms with Gasteiger partial charge in [0, 0.05) is 30.4 Å². The summed E-state index contributed by atoms with van der Waals surface area (Å²) in [6.07, 6.45) is 5.11. The van der Waals surface area contributed by atoms with Crippen molar-refractivity contribution in [3.05, 3.63) is 64.7 Å². The monoisotopic (exact) mass is 321 g/mol. The van der Waals surface area contributed by atoms with Crippen LogP contribution in [0.5, 0.6) is 5.75 Å². The molecule has 0 bridgehead atoms. The van der Waals surface area contributed by atoms with Crippen LogP contribution in [-0.2, 0) is 7.05 Å². The van der Waals surface area contributed by atoms with Gasteiger partial charge in [-0.25, -0.2) is 4.98 Å². The molecule has 2 heterocycles. The standard InChI is InChI=1S/C19H19N3O2/c1-22-11-10-20-18(19(22)23)21-16-7-4-12-24-17-14-6-3-2-5-13(14)8-9-15(16)17/h2-3,5-6,8-11,16H,4,7,12H2,1H3,(H,20,21)/t16-/m1/s1. The third-order valence-corrected chi connectivity index (χ3v) is 4.50. The largest absolute Gasteiger partial charge is 0.493 e. The first-order valence-corrected chi connectivity index (χ1v) is 8.16. The van der Waals surface area contributed by atoms with Gasteiger partial charge in [-0.15, -0.1) is 0 Å². The Morgan fingerprint density at radius 1 is 1.25 bits per heavy atom. The second kappa shape index (κ2) is 6.00. The first kappa shape index (κ1) is 14.8. The number of aryl methyl sites for hydroxylation is 1. The quantitative estimate of drug-likeness (QED) is 0.787. The molecule has 0 saturated heterocycles. The second-order valence-electron chi connectivity index (χ2n) is 6.08. The molecular weight excluding hydrogens is 302 g/mol. The molecule has 1 aliphatic heterocycles. The number of hydrogen-bond acceptors (Lipinski definition) is 4. The van der Waals surface area contributed by atoms with Crippen LogP contribution in [0.1, 0.15) is 24.4 Å². The third kappa shape index (κ3) is 2.52. The lowest BCUT2D eigenvalue weighted by atomic mass is 9.98. The van der Waals surface area contributed by atoms with Crippen molar-refractivity contribution in [3.63, 3.8) is 0 Å². The minimum absolute atomic E-state index is 0.00899. The van der Waals surface area contributed by atoms with Gasteiger partial charge in [0.2, 0.25) is 0 Å². The summed E-state index contributed by atoms with van der Waals surface area (Å²) in [4.78, 5) is 16.5. The molecule has 4 rings (SSSR count). The van der Waals surface area contributed by atoms with Gasteiger partial charge in [0.05, 0.1) is 12.6 Å². The van der Waals surface area contributed by atoms with E-state index in [1.165, 1.54) is 4.57 Å². The van der Waals surface area contributed by atoms with Crippen LogP contribution in [0.2, 0.25) is 0 Å². The van der Waals surface area contributed by atoms with Gasteiger partial charge in [-0.05, 0) is 18.2 Å². The second-order valence-corrected chi connectivity index (χ2v) is 6.08. The fourth-order valence-corrected chi connectivity index (χ4v) is 3.22.